The Bertz CT molecular complexity index is 764. The molecule has 0 radical (unpaired) electrons. The van der Waals surface area contributed by atoms with Gasteiger partial charge in [0.25, 0.3) is 0 Å². The molecule has 134 valence electrons. The van der Waals surface area contributed by atoms with Crippen LogP contribution in [0, 0.1) is 0 Å². The molecule has 0 spiro atoms. The maximum absolute atomic E-state index is 12.0. The van der Waals surface area contributed by atoms with E-state index in [1.165, 1.54) is 6.08 Å². The second-order valence-corrected chi connectivity index (χ2v) is 5.94. The third-order valence-corrected chi connectivity index (χ3v) is 4.00. The number of pyridine rings is 1. The van der Waals surface area contributed by atoms with Gasteiger partial charge in [0, 0.05) is 30.9 Å². The molecule has 7 nitrogen and oxygen atoms in total. The van der Waals surface area contributed by atoms with Crippen molar-refractivity contribution in [3.8, 4) is 0 Å². The van der Waals surface area contributed by atoms with Crippen LogP contribution in [0.3, 0.4) is 0 Å². The van der Waals surface area contributed by atoms with Crippen LogP contribution in [0.15, 0.2) is 60.9 Å². The molecule has 2 atom stereocenters. The van der Waals surface area contributed by atoms with Crippen LogP contribution in [0.25, 0.3) is 6.08 Å². The second kappa shape index (κ2) is 8.89. The number of aromatic nitrogens is 1. The van der Waals surface area contributed by atoms with E-state index in [0.717, 1.165) is 11.1 Å². The molecule has 4 N–H and O–H groups in total. The first-order chi connectivity index (χ1) is 12.7. The number of benzene rings is 1. The Balaban J connectivity index is 1.39. The van der Waals surface area contributed by atoms with Crippen LogP contribution in [0.5, 0.6) is 0 Å². The maximum atomic E-state index is 12.0. The van der Waals surface area contributed by atoms with Crippen LogP contribution in [-0.2, 0) is 9.59 Å². The Morgan fingerprint density at radius 2 is 1.88 bits per heavy atom. The van der Waals surface area contributed by atoms with Gasteiger partial charge in [0.1, 0.15) is 0 Å². The predicted octanol–water partition coefficient (Wildman–Crippen LogP) is 0.892. The summed E-state index contributed by atoms with van der Waals surface area (Å²) in [4.78, 5) is 27.8. The molecule has 26 heavy (non-hydrogen) atoms. The van der Waals surface area contributed by atoms with E-state index >= 15 is 0 Å². The molecule has 2 amide bonds. The molecule has 1 aliphatic heterocycles. The number of hydrogen-bond acceptors (Lipinski definition) is 5. The average molecular weight is 351 g/mol. The van der Waals surface area contributed by atoms with E-state index in [0.29, 0.717) is 6.42 Å². The van der Waals surface area contributed by atoms with Crippen molar-refractivity contribution in [1.82, 2.24) is 26.5 Å². The van der Waals surface area contributed by atoms with E-state index < -0.39 is 0 Å². The lowest BCUT2D eigenvalue weighted by molar-refractivity contribution is -0.124. The van der Waals surface area contributed by atoms with Crippen LogP contribution in [0.2, 0.25) is 0 Å². The van der Waals surface area contributed by atoms with Crippen molar-refractivity contribution in [1.29, 1.82) is 0 Å². The fraction of sp³-hybridized carbons (Fsp3) is 0.211. The molecule has 3 rings (SSSR count). The van der Waals surface area contributed by atoms with Crippen LogP contribution >= 0.6 is 0 Å². The minimum absolute atomic E-state index is 0.0733. The lowest BCUT2D eigenvalue weighted by Crippen LogP contribution is -2.47. The number of hydrogen-bond donors (Lipinski definition) is 4. The zero-order valence-electron chi connectivity index (χ0n) is 14.2. The minimum Gasteiger partial charge on any atom is -0.343 e. The Kier molecular flexibility index (Phi) is 6.08. The van der Waals surface area contributed by atoms with Gasteiger partial charge in [0.2, 0.25) is 11.8 Å². The monoisotopic (exact) mass is 351 g/mol. The molecule has 1 aromatic heterocycles. The molecule has 1 fully saturated rings. The summed E-state index contributed by atoms with van der Waals surface area (Å²) in [5.74, 6) is -0.558. The van der Waals surface area contributed by atoms with Crippen molar-refractivity contribution in [2.45, 2.75) is 18.6 Å². The van der Waals surface area contributed by atoms with Gasteiger partial charge in [-0.2, -0.15) is 0 Å². The van der Waals surface area contributed by atoms with Crippen LogP contribution < -0.4 is 21.5 Å². The van der Waals surface area contributed by atoms with E-state index in [1.807, 2.05) is 42.5 Å². The summed E-state index contributed by atoms with van der Waals surface area (Å²) in [5.41, 5.74) is 8.21. The smallest absolute Gasteiger partial charge is 0.244 e. The highest BCUT2D eigenvalue weighted by Gasteiger charge is 2.25. The summed E-state index contributed by atoms with van der Waals surface area (Å²) in [6.45, 7) is -0.0733. The Hall–Kier alpha value is -3.03. The quantitative estimate of drug-likeness (QED) is 0.580. The molecule has 2 heterocycles. The average Bonchev–Trinajstić information content (AvgIpc) is 3.15. The second-order valence-electron chi connectivity index (χ2n) is 5.94. The molecule has 7 heteroatoms. The largest absolute Gasteiger partial charge is 0.343 e. The van der Waals surface area contributed by atoms with Gasteiger partial charge in [-0.1, -0.05) is 30.3 Å². The molecule has 0 aliphatic carbocycles. The highest BCUT2D eigenvalue weighted by molar-refractivity contribution is 5.94. The molecule has 2 aromatic rings. The third kappa shape index (κ3) is 5.23. The predicted molar refractivity (Wildman–Crippen MR) is 98.3 cm³/mol. The van der Waals surface area contributed by atoms with E-state index in [1.54, 1.807) is 18.5 Å². The zero-order chi connectivity index (χ0) is 18.2. The van der Waals surface area contributed by atoms with Gasteiger partial charge in [-0.25, -0.2) is 10.9 Å². The van der Waals surface area contributed by atoms with Crippen LogP contribution in [-0.4, -0.2) is 29.5 Å². The Labute approximate surface area is 151 Å². The van der Waals surface area contributed by atoms with Crippen molar-refractivity contribution in [2.24, 2.45) is 0 Å². The van der Waals surface area contributed by atoms with Gasteiger partial charge in [-0.05, 0) is 29.3 Å². The van der Waals surface area contributed by atoms with E-state index in [9.17, 15) is 9.59 Å². The SMILES string of the molecule is O=C(/C=C/c1ccccc1)NCC(=O)NC1CC(c2ccncc2)NN1. The van der Waals surface area contributed by atoms with Gasteiger partial charge in [0.15, 0.2) is 0 Å². The minimum atomic E-state index is -0.309. The number of nitrogens with zero attached hydrogens (tertiary/aromatic N) is 1. The maximum Gasteiger partial charge on any atom is 0.244 e. The molecule has 2 unspecified atom stereocenters. The lowest BCUT2D eigenvalue weighted by Gasteiger charge is -2.12. The Morgan fingerprint density at radius 3 is 2.65 bits per heavy atom. The van der Waals surface area contributed by atoms with Crippen LogP contribution in [0.4, 0.5) is 0 Å². The number of nitrogens with one attached hydrogen (secondary N) is 4. The molecular formula is C19H21N5O2. The van der Waals surface area contributed by atoms with E-state index in [4.69, 9.17) is 0 Å². The lowest BCUT2D eigenvalue weighted by atomic mass is 10.1. The standard InChI is InChI=1S/C19H21N5O2/c25-18(7-6-14-4-2-1-3-5-14)21-13-19(26)22-17-12-16(23-24-17)15-8-10-20-11-9-15/h1-11,16-17,23-24H,12-13H2,(H,21,25)(H,22,26)/b7-6+. The van der Waals surface area contributed by atoms with Crippen LogP contribution in [0.1, 0.15) is 23.6 Å². The van der Waals surface area contributed by atoms with Crippen molar-refractivity contribution < 1.29 is 9.59 Å². The summed E-state index contributed by atoms with van der Waals surface area (Å²) >= 11 is 0. The first-order valence-corrected chi connectivity index (χ1v) is 8.42. The zero-order valence-corrected chi connectivity index (χ0v) is 14.2. The Morgan fingerprint density at radius 1 is 1.12 bits per heavy atom. The van der Waals surface area contributed by atoms with Gasteiger partial charge in [-0.3, -0.25) is 14.6 Å². The molecule has 1 saturated heterocycles. The van der Waals surface area contributed by atoms with E-state index in [-0.39, 0.29) is 30.6 Å². The highest BCUT2D eigenvalue weighted by atomic mass is 16.2. The molecule has 0 saturated carbocycles. The van der Waals surface area contributed by atoms with Gasteiger partial charge in [0.05, 0.1) is 12.7 Å². The number of carbonyl (C=O) groups excluding carboxylic acids is 2. The summed E-state index contributed by atoms with van der Waals surface area (Å²) in [6.07, 6.45) is 7.10. The van der Waals surface area contributed by atoms with Crippen molar-refractivity contribution in [2.75, 3.05) is 6.54 Å². The molecule has 0 bridgehead atoms. The topological polar surface area (TPSA) is 95.2 Å². The van der Waals surface area contributed by atoms with Crippen molar-refractivity contribution in [3.63, 3.8) is 0 Å². The highest BCUT2D eigenvalue weighted by Crippen LogP contribution is 2.20. The summed E-state index contributed by atoms with van der Waals surface area (Å²) in [5, 5.41) is 5.42. The fourth-order valence-electron chi connectivity index (χ4n) is 2.67. The number of hydrazine groups is 1. The summed E-state index contributed by atoms with van der Waals surface area (Å²) in [6, 6.07) is 13.5. The van der Waals surface area contributed by atoms with Crippen molar-refractivity contribution in [3.05, 3.63) is 72.1 Å². The number of rotatable bonds is 6. The third-order valence-electron chi connectivity index (χ3n) is 4.00. The fourth-order valence-corrected chi connectivity index (χ4v) is 2.67. The normalized spacial score (nSPS) is 19.4. The van der Waals surface area contributed by atoms with Gasteiger partial charge >= 0.3 is 0 Å². The van der Waals surface area contributed by atoms with Gasteiger partial charge in [-0.15, -0.1) is 0 Å². The number of carbonyl (C=O) groups is 2. The molecule has 1 aliphatic rings. The summed E-state index contributed by atoms with van der Waals surface area (Å²) < 4.78 is 0. The van der Waals surface area contributed by atoms with Crippen molar-refractivity contribution >= 4 is 17.9 Å². The first-order valence-electron chi connectivity index (χ1n) is 8.42. The summed E-state index contributed by atoms with van der Waals surface area (Å²) in [7, 11) is 0. The van der Waals surface area contributed by atoms with E-state index in [2.05, 4.69) is 26.5 Å². The molecular weight excluding hydrogens is 330 g/mol. The van der Waals surface area contributed by atoms with Gasteiger partial charge < -0.3 is 10.6 Å². The first kappa shape index (κ1) is 17.8. The number of amides is 2. The molecule has 1 aromatic carbocycles.